The van der Waals surface area contributed by atoms with Crippen molar-refractivity contribution in [3.8, 4) is 11.4 Å². The molecule has 1 N–H and O–H groups in total. The van der Waals surface area contributed by atoms with E-state index >= 15 is 0 Å². The van der Waals surface area contributed by atoms with Crippen molar-refractivity contribution in [1.82, 2.24) is 15.1 Å². The first-order valence-electron chi connectivity index (χ1n) is 8.89. The lowest BCUT2D eigenvalue weighted by molar-refractivity contribution is -0.137. The highest BCUT2D eigenvalue weighted by Gasteiger charge is 2.30. The second kappa shape index (κ2) is 9.59. The summed E-state index contributed by atoms with van der Waals surface area (Å²) in [6.45, 7) is 5.66. The largest absolute Gasteiger partial charge is 0.493 e. The minimum absolute atomic E-state index is 0.00279. The van der Waals surface area contributed by atoms with Gasteiger partial charge in [-0.05, 0) is 30.5 Å². The van der Waals surface area contributed by atoms with Gasteiger partial charge in [0.2, 0.25) is 0 Å². The molecule has 0 unspecified atom stereocenters. The number of nitrogens with one attached hydrogen (secondary N) is 1. The Balaban J connectivity index is 2.05. The number of methoxy groups -OCH3 is 1. The van der Waals surface area contributed by atoms with Gasteiger partial charge in [0, 0.05) is 19.8 Å². The first kappa shape index (κ1) is 21.7. The van der Waals surface area contributed by atoms with Crippen molar-refractivity contribution in [2.75, 3.05) is 26.9 Å². The van der Waals surface area contributed by atoms with Crippen molar-refractivity contribution in [3.63, 3.8) is 0 Å². The van der Waals surface area contributed by atoms with Gasteiger partial charge in [-0.1, -0.05) is 19.9 Å². The van der Waals surface area contributed by atoms with E-state index < -0.39 is 17.6 Å². The fourth-order valence-corrected chi connectivity index (χ4v) is 2.40. The first-order valence-corrected chi connectivity index (χ1v) is 8.89. The van der Waals surface area contributed by atoms with E-state index in [1.807, 2.05) is 0 Å². The number of benzene rings is 1. The van der Waals surface area contributed by atoms with Gasteiger partial charge in [-0.15, -0.1) is 0 Å². The third-order valence-electron chi connectivity index (χ3n) is 3.76. The van der Waals surface area contributed by atoms with Gasteiger partial charge in [0.15, 0.2) is 11.4 Å². The van der Waals surface area contributed by atoms with Crippen LogP contribution < -0.4 is 10.1 Å². The molecule has 1 aromatic carbocycles. The highest BCUT2D eigenvalue weighted by atomic mass is 19.4. The van der Waals surface area contributed by atoms with Crippen molar-refractivity contribution in [2.45, 2.75) is 26.4 Å². The number of hydrogen-bond acceptors (Lipinski definition) is 4. The van der Waals surface area contributed by atoms with Crippen molar-refractivity contribution in [2.24, 2.45) is 5.92 Å². The molecule has 28 heavy (non-hydrogen) atoms. The molecule has 0 aliphatic heterocycles. The van der Waals surface area contributed by atoms with E-state index in [9.17, 15) is 18.0 Å². The van der Waals surface area contributed by atoms with E-state index in [4.69, 9.17) is 9.47 Å². The maximum absolute atomic E-state index is 12.9. The Hall–Kier alpha value is -2.55. The van der Waals surface area contributed by atoms with Gasteiger partial charge in [0.05, 0.1) is 24.6 Å². The zero-order valence-corrected chi connectivity index (χ0v) is 16.0. The zero-order chi connectivity index (χ0) is 20.7. The van der Waals surface area contributed by atoms with Crippen LogP contribution in [0, 0.1) is 5.92 Å². The summed E-state index contributed by atoms with van der Waals surface area (Å²) in [4.78, 5) is 12.3. The van der Waals surface area contributed by atoms with E-state index in [1.54, 1.807) is 0 Å². The number of carbonyl (C=O) groups is 1. The number of rotatable bonds is 9. The Bertz CT molecular complexity index is 788. The molecule has 0 aliphatic rings. The lowest BCUT2D eigenvalue weighted by atomic mass is 10.2. The van der Waals surface area contributed by atoms with E-state index in [2.05, 4.69) is 24.3 Å². The van der Waals surface area contributed by atoms with Crippen molar-refractivity contribution < 1.29 is 27.4 Å². The molecule has 0 saturated carbocycles. The molecule has 0 saturated heterocycles. The molecule has 2 aromatic rings. The van der Waals surface area contributed by atoms with Crippen molar-refractivity contribution in [1.29, 1.82) is 0 Å². The minimum atomic E-state index is -4.47. The summed E-state index contributed by atoms with van der Waals surface area (Å²) in [5.41, 5.74) is -0.621. The predicted octanol–water partition coefficient (Wildman–Crippen LogP) is 3.69. The molecule has 1 heterocycles. The van der Waals surface area contributed by atoms with Crippen LogP contribution in [-0.4, -0.2) is 42.6 Å². The van der Waals surface area contributed by atoms with E-state index in [0.717, 1.165) is 12.1 Å². The maximum atomic E-state index is 12.9. The second-order valence-corrected chi connectivity index (χ2v) is 6.62. The number of carbonyl (C=O) groups excluding carboxylic acids is 1. The summed E-state index contributed by atoms with van der Waals surface area (Å²) in [6, 6.07) is 4.68. The highest BCUT2D eigenvalue weighted by Crippen LogP contribution is 2.30. The summed E-state index contributed by atoms with van der Waals surface area (Å²) < 4.78 is 50.5. The number of ether oxygens (including phenoxy) is 2. The Morgan fingerprint density at radius 2 is 2.07 bits per heavy atom. The molecule has 0 spiro atoms. The molecule has 154 valence electrons. The summed E-state index contributed by atoms with van der Waals surface area (Å²) >= 11 is 0. The molecule has 1 amide bonds. The van der Waals surface area contributed by atoms with Gasteiger partial charge in [-0.25, -0.2) is 4.68 Å². The van der Waals surface area contributed by atoms with Crippen LogP contribution >= 0.6 is 0 Å². The molecule has 9 heteroatoms. The van der Waals surface area contributed by atoms with Crippen LogP contribution in [0.4, 0.5) is 13.2 Å². The van der Waals surface area contributed by atoms with Gasteiger partial charge < -0.3 is 14.8 Å². The Labute approximate surface area is 161 Å². The smallest absolute Gasteiger partial charge is 0.416 e. The SMILES string of the molecule is COc1cn(-c2cccc(C(F)(F)F)c2)nc1C(=O)NCCCOCC(C)C. The highest BCUT2D eigenvalue weighted by molar-refractivity contribution is 5.94. The quantitative estimate of drug-likeness (QED) is 0.653. The Kier molecular flexibility index (Phi) is 7.45. The Morgan fingerprint density at radius 1 is 1.32 bits per heavy atom. The van der Waals surface area contributed by atoms with Crippen molar-refractivity contribution >= 4 is 5.91 Å². The van der Waals surface area contributed by atoms with Crippen LogP contribution in [0.3, 0.4) is 0 Å². The van der Waals surface area contributed by atoms with Crippen LogP contribution in [0.2, 0.25) is 0 Å². The normalized spacial score (nSPS) is 11.7. The number of hydrogen-bond donors (Lipinski definition) is 1. The number of alkyl halides is 3. The summed E-state index contributed by atoms with van der Waals surface area (Å²) in [5.74, 6) is 0.149. The van der Waals surface area contributed by atoms with Crippen LogP contribution in [0.5, 0.6) is 5.75 Å². The van der Waals surface area contributed by atoms with Crippen LogP contribution in [0.15, 0.2) is 30.5 Å². The molecule has 0 aliphatic carbocycles. The van der Waals surface area contributed by atoms with E-state index in [-0.39, 0.29) is 17.1 Å². The third-order valence-corrected chi connectivity index (χ3v) is 3.76. The van der Waals surface area contributed by atoms with Gasteiger partial charge >= 0.3 is 6.18 Å². The average Bonchev–Trinajstić information content (AvgIpc) is 3.08. The van der Waals surface area contributed by atoms with E-state index in [0.29, 0.717) is 32.1 Å². The average molecular weight is 399 g/mol. The van der Waals surface area contributed by atoms with Crippen LogP contribution in [-0.2, 0) is 10.9 Å². The summed E-state index contributed by atoms with van der Waals surface area (Å²) in [6.07, 6.45) is -2.46. The molecule has 2 rings (SSSR count). The predicted molar refractivity (Wildman–Crippen MR) is 97.7 cm³/mol. The molecule has 0 fully saturated rings. The fraction of sp³-hybridized carbons (Fsp3) is 0.474. The molecule has 1 aromatic heterocycles. The van der Waals surface area contributed by atoms with Gasteiger partial charge in [0.1, 0.15) is 0 Å². The number of nitrogens with zero attached hydrogens (tertiary/aromatic N) is 2. The first-order chi connectivity index (χ1) is 13.2. The molecule has 0 bridgehead atoms. The van der Waals surface area contributed by atoms with Crippen LogP contribution in [0.25, 0.3) is 5.69 Å². The number of amides is 1. The van der Waals surface area contributed by atoms with Gasteiger partial charge in [-0.2, -0.15) is 18.3 Å². The monoisotopic (exact) mass is 399 g/mol. The number of aromatic nitrogens is 2. The molecule has 6 nitrogen and oxygen atoms in total. The number of halogens is 3. The molecule has 0 atom stereocenters. The van der Waals surface area contributed by atoms with Crippen LogP contribution in [0.1, 0.15) is 36.3 Å². The molecule has 0 radical (unpaired) electrons. The topological polar surface area (TPSA) is 65.4 Å². The molecular weight excluding hydrogens is 375 g/mol. The summed E-state index contributed by atoms with van der Waals surface area (Å²) in [5, 5.41) is 6.80. The van der Waals surface area contributed by atoms with Crippen molar-refractivity contribution in [3.05, 3.63) is 41.7 Å². The zero-order valence-electron chi connectivity index (χ0n) is 16.0. The van der Waals surface area contributed by atoms with Gasteiger partial charge in [-0.3, -0.25) is 4.79 Å². The lowest BCUT2D eigenvalue weighted by Gasteiger charge is -2.08. The minimum Gasteiger partial charge on any atom is -0.493 e. The Morgan fingerprint density at radius 3 is 2.71 bits per heavy atom. The fourth-order valence-electron chi connectivity index (χ4n) is 2.40. The maximum Gasteiger partial charge on any atom is 0.416 e. The standard InChI is InChI=1S/C19H24F3N3O3/c1-13(2)12-28-9-5-8-23-18(26)17-16(27-3)11-25(24-17)15-7-4-6-14(10-15)19(20,21)22/h4,6-7,10-11,13H,5,8-9,12H2,1-3H3,(H,23,26). The molecular formula is C19H24F3N3O3. The third kappa shape index (κ3) is 5.98. The van der Waals surface area contributed by atoms with E-state index in [1.165, 1.54) is 30.1 Å². The lowest BCUT2D eigenvalue weighted by Crippen LogP contribution is -2.26. The van der Waals surface area contributed by atoms with Gasteiger partial charge in [0.25, 0.3) is 5.91 Å². The second-order valence-electron chi connectivity index (χ2n) is 6.62. The summed E-state index contributed by atoms with van der Waals surface area (Å²) in [7, 11) is 1.37.